The molecule has 0 bridgehead atoms. The van der Waals surface area contributed by atoms with Crippen molar-refractivity contribution >= 4 is 74.1 Å². The molecule has 11 heteroatoms. The van der Waals surface area contributed by atoms with Gasteiger partial charge < -0.3 is 14.8 Å². The number of halogens is 3. The number of hydrogen-bond donors (Lipinski definition) is 1. The summed E-state index contributed by atoms with van der Waals surface area (Å²) < 4.78 is 11.5. The van der Waals surface area contributed by atoms with Crippen molar-refractivity contribution in [3.63, 3.8) is 0 Å². The van der Waals surface area contributed by atoms with Gasteiger partial charge in [0.1, 0.15) is 0 Å². The number of nitrogens with zero attached hydrogens (tertiary/aromatic N) is 2. The van der Waals surface area contributed by atoms with Crippen LogP contribution in [0.5, 0.6) is 11.5 Å². The molecule has 0 aliphatic carbocycles. The molecule has 0 aliphatic rings. The molecule has 1 atom stereocenters. The number of imidazole rings is 1. The Hall–Kier alpha value is -2.52. The van der Waals surface area contributed by atoms with Crippen molar-refractivity contribution in [2.75, 3.05) is 7.11 Å². The first-order valence-corrected chi connectivity index (χ1v) is 12.6. The zero-order valence-corrected chi connectivity index (χ0v) is 22.1. The monoisotopic (exact) mass is 553 g/mol. The van der Waals surface area contributed by atoms with Crippen LogP contribution >= 0.6 is 46.1 Å². The van der Waals surface area contributed by atoms with Gasteiger partial charge in [0.2, 0.25) is 15.9 Å². The fourth-order valence-electron chi connectivity index (χ4n) is 3.52. The predicted octanol–water partition coefficient (Wildman–Crippen LogP) is 4.70. The van der Waals surface area contributed by atoms with Crippen molar-refractivity contribution in [2.24, 2.45) is 5.92 Å². The number of carbonyl (C=O) groups excluding carboxylic acids is 1. The van der Waals surface area contributed by atoms with Crippen LogP contribution in [0.25, 0.3) is 22.1 Å². The maximum Gasteiger partial charge on any atom is 0.274 e. The summed E-state index contributed by atoms with van der Waals surface area (Å²) in [4.78, 5) is 30.4. The Labute approximate surface area is 220 Å². The largest absolute Gasteiger partial charge is 0.493 e. The third-order valence-electron chi connectivity index (χ3n) is 5.06. The van der Waals surface area contributed by atoms with E-state index in [0.29, 0.717) is 20.8 Å². The highest BCUT2D eigenvalue weighted by atomic mass is 35.6. The summed E-state index contributed by atoms with van der Waals surface area (Å²) in [6, 6.07) is 12.6. The maximum absolute atomic E-state index is 13.0. The van der Waals surface area contributed by atoms with E-state index in [-0.39, 0.29) is 29.6 Å². The molecule has 2 aromatic carbocycles. The van der Waals surface area contributed by atoms with Gasteiger partial charge in [-0.25, -0.2) is 9.38 Å². The number of thiazole rings is 1. The first-order chi connectivity index (χ1) is 16.6. The Morgan fingerprint density at radius 2 is 1.94 bits per heavy atom. The van der Waals surface area contributed by atoms with Crippen LogP contribution in [0.2, 0.25) is 0 Å². The number of amides is 1. The molecule has 0 spiro atoms. The average Bonchev–Trinajstić information content (AvgIpc) is 3.29. The zero-order valence-electron chi connectivity index (χ0n) is 19.1. The minimum Gasteiger partial charge on any atom is -0.493 e. The first kappa shape index (κ1) is 25.6. The van der Waals surface area contributed by atoms with E-state index in [9.17, 15) is 9.59 Å². The van der Waals surface area contributed by atoms with Crippen LogP contribution < -0.4 is 24.9 Å². The fourth-order valence-corrected chi connectivity index (χ4v) is 4.80. The molecule has 1 N–H and O–H groups in total. The van der Waals surface area contributed by atoms with Crippen LogP contribution in [0.4, 0.5) is 0 Å². The summed E-state index contributed by atoms with van der Waals surface area (Å²) >= 11 is 19.5. The molecule has 0 radical (unpaired) electrons. The molecule has 2 heterocycles. The van der Waals surface area contributed by atoms with Crippen LogP contribution in [0.3, 0.4) is 0 Å². The lowest BCUT2D eigenvalue weighted by Crippen LogP contribution is -2.48. The van der Waals surface area contributed by atoms with Gasteiger partial charge >= 0.3 is 0 Å². The highest BCUT2D eigenvalue weighted by molar-refractivity contribution is 7.15. The molecule has 1 unspecified atom stereocenters. The molecule has 7 nitrogen and oxygen atoms in total. The lowest BCUT2D eigenvalue weighted by atomic mass is 10.1. The second-order valence-corrected chi connectivity index (χ2v) is 11.6. The summed E-state index contributed by atoms with van der Waals surface area (Å²) in [5.74, 6) is 0.424. The quantitative estimate of drug-likeness (QED) is 0.264. The number of rotatable bonds is 7. The number of hydrogen-bond acceptors (Lipinski definition) is 6. The number of ether oxygens (including phenoxy) is 2. The summed E-state index contributed by atoms with van der Waals surface area (Å²) in [5, 5.41) is 2.61. The van der Waals surface area contributed by atoms with Gasteiger partial charge in [-0.1, -0.05) is 78.2 Å². The molecule has 4 aromatic rings. The van der Waals surface area contributed by atoms with Crippen LogP contribution in [-0.4, -0.2) is 32.4 Å². The van der Waals surface area contributed by atoms with E-state index < -0.39 is 10.0 Å². The van der Waals surface area contributed by atoms with Gasteiger partial charge in [-0.15, -0.1) is 0 Å². The lowest BCUT2D eigenvalue weighted by molar-refractivity contribution is -0.124. The number of alkyl halides is 3. The fraction of sp³-hybridized carbons (Fsp3) is 0.292. The molecular formula is C24H22Cl3N3O4S. The minimum absolute atomic E-state index is 0.124. The first-order valence-electron chi connectivity index (χ1n) is 10.7. The summed E-state index contributed by atoms with van der Waals surface area (Å²) in [6.07, 6.45) is 0.761. The van der Waals surface area contributed by atoms with E-state index in [1.807, 2.05) is 38.1 Å². The van der Waals surface area contributed by atoms with Crippen molar-refractivity contribution in [3.8, 4) is 11.5 Å². The van der Waals surface area contributed by atoms with Crippen molar-refractivity contribution in [1.29, 1.82) is 0 Å². The topological polar surface area (TPSA) is 81.9 Å². The molecule has 0 saturated carbocycles. The maximum atomic E-state index is 13.0. The molecule has 184 valence electrons. The zero-order chi connectivity index (χ0) is 25.3. The number of methoxy groups -OCH3 is 1. The van der Waals surface area contributed by atoms with Crippen LogP contribution in [-0.2, 0) is 4.79 Å². The molecule has 1 amide bonds. The third-order valence-corrected chi connectivity index (χ3v) is 6.62. The third kappa shape index (κ3) is 5.67. The van der Waals surface area contributed by atoms with E-state index >= 15 is 0 Å². The standard InChI is InChI=1S/C24H22Cl3N3O4S/c1-13(2)10-20(31)29-22(24(25,26)27)34-17-9-8-14(11-18(17)33-3)12-19-21(32)30-16-7-5-4-6-15(16)28-23(30)35-19/h4-9,11-13,22H,10H2,1-3H3,(H,29,31)/b19-12-. The second-order valence-electron chi connectivity index (χ2n) is 8.25. The van der Waals surface area contributed by atoms with Gasteiger partial charge in [-0.3, -0.25) is 9.59 Å². The number of aromatic nitrogens is 2. The Morgan fingerprint density at radius 1 is 1.20 bits per heavy atom. The van der Waals surface area contributed by atoms with Crippen LogP contribution in [0, 0.1) is 5.92 Å². The highest BCUT2D eigenvalue weighted by Crippen LogP contribution is 2.36. The number of fused-ring (bicyclic) bond motifs is 3. The lowest BCUT2D eigenvalue weighted by Gasteiger charge is -2.27. The average molecular weight is 555 g/mol. The van der Waals surface area contributed by atoms with Crippen molar-refractivity contribution < 1.29 is 14.3 Å². The van der Waals surface area contributed by atoms with Gasteiger partial charge in [0.05, 0.1) is 22.7 Å². The minimum atomic E-state index is -1.92. The summed E-state index contributed by atoms with van der Waals surface area (Å²) in [6.45, 7) is 3.81. The number of carbonyl (C=O) groups is 1. The Bertz CT molecular complexity index is 1490. The summed E-state index contributed by atoms with van der Waals surface area (Å²) in [5.41, 5.74) is 2.09. The van der Waals surface area contributed by atoms with E-state index in [2.05, 4.69) is 10.3 Å². The molecule has 4 rings (SSSR count). The molecule has 0 saturated heterocycles. The number of nitrogens with one attached hydrogen (secondary N) is 1. The number of benzene rings is 2. The predicted molar refractivity (Wildman–Crippen MR) is 141 cm³/mol. The van der Waals surface area contributed by atoms with E-state index in [0.717, 1.165) is 11.0 Å². The van der Waals surface area contributed by atoms with Crippen molar-refractivity contribution in [2.45, 2.75) is 30.3 Å². The Kier molecular flexibility index (Phi) is 7.47. The second kappa shape index (κ2) is 10.2. The molecule has 35 heavy (non-hydrogen) atoms. The SMILES string of the molecule is COc1cc(/C=c2\sc3nc4ccccc4n3c2=O)ccc1OC(NC(=O)CC(C)C)C(Cl)(Cl)Cl. The van der Waals surface area contributed by atoms with E-state index in [1.165, 1.54) is 18.4 Å². The number of para-hydroxylation sites is 2. The molecule has 0 fully saturated rings. The highest BCUT2D eigenvalue weighted by Gasteiger charge is 2.36. The van der Waals surface area contributed by atoms with Gasteiger partial charge in [-0.05, 0) is 41.8 Å². The Balaban J connectivity index is 1.65. The van der Waals surface area contributed by atoms with E-state index in [1.54, 1.807) is 28.7 Å². The normalized spacial score (nSPS) is 13.5. The van der Waals surface area contributed by atoms with Gasteiger partial charge in [0.15, 0.2) is 16.5 Å². The van der Waals surface area contributed by atoms with Crippen molar-refractivity contribution in [1.82, 2.24) is 14.7 Å². The molecule has 0 aliphatic heterocycles. The van der Waals surface area contributed by atoms with Gasteiger partial charge in [0.25, 0.3) is 5.56 Å². The Morgan fingerprint density at radius 3 is 2.63 bits per heavy atom. The van der Waals surface area contributed by atoms with Gasteiger partial charge in [0, 0.05) is 6.42 Å². The van der Waals surface area contributed by atoms with Crippen LogP contribution in [0.1, 0.15) is 25.8 Å². The van der Waals surface area contributed by atoms with Gasteiger partial charge in [-0.2, -0.15) is 0 Å². The summed E-state index contributed by atoms with van der Waals surface area (Å²) in [7, 11) is 1.47. The van der Waals surface area contributed by atoms with Crippen molar-refractivity contribution in [3.05, 3.63) is 62.9 Å². The van der Waals surface area contributed by atoms with E-state index in [4.69, 9.17) is 44.3 Å². The smallest absolute Gasteiger partial charge is 0.274 e. The van der Waals surface area contributed by atoms with Crippen LogP contribution in [0.15, 0.2) is 47.3 Å². The molecule has 2 aromatic heterocycles. The molecular weight excluding hydrogens is 533 g/mol.